The predicted octanol–water partition coefficient (Wildman–Crippen LogP) is 5.63. The van der Waals surface area contributed by atoms with Gasteiger partial charge in [-0.15, -0.1) is 0 Å². The summed E-state index contributed by atoms with van der Waals surface area (Å²) in [4.78, 5) is 13.8. The van der Waals surface area contributed by atoms with E-state index < -0.39 is 0 Å². The average Bonchev–Trinajstić information content (AvgIpc) is 3.14. The number of piperidine rings is 1. The van der Waals surface area contributed by atoms with Crippen LogP contribution in [0.25, 0.3) is 11.1 Å². The molecule has 176 valence electrons. The maximum absolute atomic E-state index is 11.1. The molecule has 2 heterocycles. The Morgan fingerprint density at radius 3 is 2.44 bits per heavy atom. The van der Waals surface area contributed by atoms with Crippen LogP contribution in [0.5, 0.6) is 0 Å². The molecule has 0 amide bonds. The Hall–Kier alpha value is -2.75. The van der Waals surface area contributed by atoms with Gasteiger partial charge in [0.2, 0.25) is 0 Å². The topological polar surface area (TPSA) is 32.3 Å². The standard InChI is InChI=1S/C31H36N2O/c34-20-4-7-28-16-19-33(22-24-8-10-26(11-9-24)25-5-2-1-3-6-25)23-31(28)30-13-12-27-14-17-32-18-15-29(27)21-30/h1-3,5-6,8-13,20-21,28,31-32H,4,7,14-19,22-23H2. The van der Waals surface area contributed by atoms with Crippen LogP contribution < -0.4 is 5.32 Å². The molecule has 5 rings (SSSR count). The Bertz CT molecular complexity index is 1080. The lowest BCUT2D eigenvalue weighted by Gasteiger charge is -2.39. The first-order valence-corrected chi connectivity index (χ1v) is 12.9. The summed E-state index contributed by atoms with van der Waals surface area (Å²) in [6, 6.07) is 26.9. The van der Waals surface area contributed by atoms with Crippen LogP contribution in [0.3, 0.4) is 0 Å². The Labute approximate surface area is 204 Å². The molecule has 34 heavy (non-hydrogen) atoms. The van der Waals surface area contributed by atoms with Crippen LogP contribution in [0.4, 0.5) is 0 Å². The maximum atomic E-state index is 11.1. The quantitative estimate of drug-likeness (QED) is 0.472. The van der Waals surface area contributed by atoms with Crippen molar-refractivity contribution in [1.29, 1.82) is 0 Å². The number of aldehydes is 1. The summed E-state index contributed by atoms with van der Waals surface area (Å²) in [6.45, 7) is 5.31. The highest BCUT2D eigenvalue weighted by molar-refractivity contribution is 5.63. The van der Waals surface area contributed by atoms with E-state index >= 15 is 0 Å². The predicted molar refractivity (Wildman–Crippen MR) is 140 cm³/mol. The Morgan fingerprint density at radius 2 is 1.65 bits per heavy atom. The molecule has 0 aromatic heterocycles. The average molecular weight is 453 g/mol. The highest BCUT2D eigenvalue weighted by atomic mass is 16.1. The molecule has 3 heteroatoms. The van der Waals surface area contributed by atoms with Gasteiger partial charge in [-0.2, -0.15) is 0 Å². The molecule has 2 unspecified atom stereocenters. The third-order valence-corrected chi connectivity index (χ3v) is 7.76. The van der Waals surface area contributed by atoms with E-state index in [0.717, 1.165) is 58.3 Å². The lowest BCUT2D eigenvalue weighted by molar-refractivity contribution is -0.108. The molecule has 1 fully saturated rings. The van der Waals surface area contributed by atoms with Crippen molar-refractivity contribution < 1.29 is 4.79 Å². The van der Waals surface area contributed by atoms with E-state index in [-0.39, 0.29) is 0 Å². The third-order valence-electron chi connectivity index (χ3n) is 7.76. The Balaban J connectivity index is 1.31. The zero-order valence-corrected chi connectivity index (χ0v) is 20.1. The summed E-state index contributed by atoms with van der Waals surface area (Å²) in [6.07, 6.45) is 6.19. The second-order valence-corrected chi connectivity index (χ2v) is 9.98. The first-order valence-electron chi connectivity index (χ1n) is 12.9. The summed E-state index contributed by atoms with van der Waals surface area (Å²) >= 11 is 0. The van der Waals surface area contributed by atoms with Gasteiger partial charge in [-0.1, -0.05) is 72.8 Å². The molecular weight excluding hydrogens is 416 g/mol. The summed E-state index contributed by atoms with van der Waals surface area (Å²) in [7, 11) is 0. The summed E-state index contributed by atoms with van der Waals surface area (Å²) in [5.74, 6) is 1.09. The number of benzene rings is 3. The maximum Gasteiger partial charge on any atom is 0.120 e. The zero-order chi connectivity index (χ0) is 23.2. The van der Waals surface area contributed by atoms with E-state index in [1.54, 1.807) is 0 Å². The van der Waals surface area contributed by atoms with Gasteiger partial charge < -0.3 is 10.1 Å². The first-order chi connectivity index (χ1) is 16.8. The minimum atomic E-state index is 0.499. The summed E-state index contributed by atoms with van der Waals surface area (Å²) < 4.78 is 0. The van der Waals surface area contributed by atoms with Gasteiger partial charge in [0.05, 0.1) is 0 Å². The fourth-order valence-corrected chi connectivity index (χ4v) is 5.83. The number of rotatable bonds is 7. The highest BCUT2D eigenvalue weighted by Gasteiger charge is 2.30. The van der Waals surface area contributed by atoms with Gasteiger partial charge >= 0.3 is 0 Å². The minimum Gasteiger partial charge on any atom is -0.316 e. The summed E-state index contributed by atoms with van der Waals surface area (Å²) in [5.41, 5.74) is 8.41. The van der Waals surface area contributed by atoms with E-state index in [2.05, 4.69) is 83.0 Å². The fourth-order valence-electron chi connectivity index (χ4n) is 5.83. The molecule has 0 radical (unpaired) electrons. The van der Waals surface area contributed by atoms with Gasteiger partial charge in [0.15, 0.2) is 0 Å². The van der Waals surface area contributed by atoms with E-state index in [9.17, 15) is 4.79 Å². The summed E-state index contributed by atoms with van der Waals surface area (Å²) in [5, 5.41) is 3.53. The van der Waals surface area contributed by atoms with E-state index in [0.29, 0.717) is 18.3 Å². The second-order valence-electron chi connectivity index (χ2n) is 9.98. The van der Waals surface area contributed by atoms with Crippen LogP contribution in [0, 0.1) is 5.92 Å². The highest BCUT2D eigenvalue weighted by Crippen LogP contribution is 2.37. The first kappa shape index (κ1) is 23.0. The van der Waals surface area contributed by atoms with Crippen molar-refractivity contribution in [3.8, 4) is 11.1 Å². The van der Waals surface area contributed by atoms with Crippen LogP contribution in [0.1, 0.15) is 47.4 Å². The van der Waals surface area contributed by atoms with Crippen molar-refractivity contribution in [3.05, 3.63) is 95.1 Å². The number of carbonyl (C=O) groups excluding carboxylic acids is 1. The number of fused-ring (bicyclic) bond motifs is 1. The molecule has 2 aliphatic heterocycles. The number of carbonyl (C=O) groups is 1. The van der Waals surface area contributed by atoms with Gasteiger partial charge in [0.1, 0.15) is 6.29 Å². The van der Waals surface area contributed by atoms with Gasteiger partial charge in [0, 0.05) is 19.5 Å². The molecule has 1 saturated heterocycles. The van der Waals surface area contributed by atoms with Crippen LogP contribution in [-0.2, 0) is 24.2 Å². The molecule has 1 N–H and O–H groups in total. The molecule has 0 bridgehead atoms. The molecule has 2 atom stereocenters. The molecule has 3 nitrogen and oxygen atoms in total. The smallest absolute Gasteiger partial charge is 0.120 e. The number of nitrogens with one attached hydrogen (secondary N) is 1. The fraction of sp³-hybridized carbons (Fsp3) is 0.387. The zero-order valence-electron chi connectivity index (χ0n) is 20.1. The molecule has 0 aliphatic carbocycles. The van der Waals surface area contributed by atoms with Crippen molar-refractivity contribution in [2.75, 3.05) is 26.2 Å². The lowest BCUT2D eigenvalue weighted by atomic mass is 9.77. The SMILES string of the molecule is O=CCCC1CCN(Cc2ccc(-c3ccccc3)cc2)CC1c1ccc2c(c1)CCNCC2. The molecule has 0 saturated carbocycles. The molecule has 3 aromatic carbocycles. The minimum absolute atomic E-state index is 0.499. The van der Waals surface area contributed by atoms with Gasteiger partial charge in [-0.25, -0.2) is 0 Å². The number of nitrogens with zero attached hydrogens (tertiary/aromatic N) is 1. The van der Waals surface area contributed by atoms with Gasteiger partial charge in [0.25, 0.3) is 0 Å². The van der Waals surface area contributed by atoms with Crippen LogP contribution in [-0.4, -0.2) is 37.4 Å². The second kappa shape index (κ2) is 11.1. The van der Waals surface area contributed by atoms with Crippen LogP contribution in [0.2, 0.25) is 0 Å². The largest absolute Gasteiger partial charge is 0.316 e. The monoisotopic (exact) mass is 452 g/mol. The van der Waals surface area contributed by atoms with Gasteiger partial charge in [-0.05, 0) is 90.5 Å². The number of hydrogen-bond acceptors (Lipinski definition) is 3. The molecule has 0 spiro atoms. The van der Waals surface area contributed by atoms with Crippen molar-refractivity contribution in [1.82, 2.24) is 10.2 Å². The van der Waals surface area contributed by atoms with E-state index in [1.165, 1.54) is 39.8 Å². The molecule has 2 aliphatic rings. The number of likely N-dealkylation sites (tertiary alicyclic amines) is 1. The normalized spacial score (nSPS) is 20.9. The lowest BCUT2D eigenvalue weighted by Crippen LogP contribution is -2.39. The molecule has 3 aromatic rings. The molecular formula is C31H36N2O. The van der Waals surface area contributed by atoms with Crippen molar-refractivity contribution >= 4 is 6.29 Å². The Kier molecular flexibility index (Phi) is 7.52. The number of hydrogen-bond donors (Lipinski definition) is 1. The van der Waals surface area contributed by atoms with Gasteiger partial charge in [-0.3, -0.25) is 4.90 Å². The van der Waals surface area contributed by atoms with Crippen molar-refractivity contribution in [2.24, 2.45) is 5.92 Å². The van der Waals surface area contributed by atoms with Crippen LogP contribution >= 0.6 is 0 Å². The van der Waals surface area contributed by atoms with E-state index in [1.807, 2.05) is 0 Å². The van der Waals surface area contributed by atoms with E-state index in [4.69, 9.17) is 0 Å². The third kappa shape index (κ3) is 5.48. The Morgan fingerprint density at radius 1 is 0.882 bits per heavy atom. The van der Waals surface area contributed by atoms with Crippen LogP contribution in [0.15, 0.2) is 72.8 Å². The van der Waals surface area contributed by atoms with Crippen molar-refractivity contribution in [3.63, 3.8) is 0 Å². The van der Waals surface area contributed by atoms with Crippen molar-refractivity contribution in [2.45, 2.75) is 44.6 Å².